The number of hydrogen-bond acceptors (Lipinski definition) is 4. The van der Waals surface area contributed by atoms with Crippen molar-refractivity contribution in [1.82, 2.24) is 19.4 Å². The summed E-state index contributed by atoms with van der Waals surface area (Å²) in [5.41, 5.74) is 1.71. The average molecular weight is 431 g/mol. The van der Waals surface area contributed by atoms with Gasteiger partial charge in [-0.1, -0.05) is 17.7 Å². The van der Waals surface area contributed by atoms with Gasteiger partial charge in [0.05, 0.1) is 17.6 Å². The van der Waals surface area contributed by atoms with Crippen molar-refractivity contribution in [3.05, 3.63) is 58.8 Å². The van der Waals surface area contributed by atoms with E-state index < -0.39 is 11.4 Å². The first-order valence-electron chi connectivity index (χ1n) is 9.97. The Balaban J connectivity index is 1.74. The molecule has 30 heavy (non-hydrogen) atoms. The van der Waals surface area contributed by atoms with E-state index in [1.54, 1.807) is 23.2 Å². The Hall–Kier alpha value is -2.67. The van der Waals surface area contributed by atoms with Crippen molar-refractivity contribution in [2.24, 2.45) is 0 Å². The normalized spacial score (nSPS) is 17.0. The summed E-state index contributed by atoms with van der Waals surface area (Å²) in [4.78, 5) is 23.8. The minimum absolute atomic E-state index is 0.0719. The first kappa shape index (κ1) is 20.6. The molecule has 0 radical (unpaired) electrons. The molecule has 0 bridgehead atoms. The maximum absolute atomic E-state index is 13.6. The predicted octanol–water partition coefficient (Wildman–Crippen LogP) is 5.34. The number of carbonyl (C=O) groups excluding carboxylic acids is 1. The highest BCUT2D eigenvalue weighted by Crippen LogP contribution is 2.34. The Bertz CT molecular complexity index is 1090. The molecule has 1 amide bonds. The van der Waals surface area contributed by atoms with E-state index in [1.165, 1.54) is 6.07 Å². The minimum Gasteiger partial charge on any atom is -0.444 e. The highest BCUT2D eigenvalue weighted by molar-refractivity contribution is 6.30. The number of nitrogens with zero attached hydrogens (tertiary/aromatic N) is 4. The van der Waals surface area contributed by atoms with E-state index in [9.17, 15) is 9.18 Å². The molecule has 1 unspecified atom stereocenters. The van der Waals surface area contributed by atoms with Crippen LogP contribution in [0.2, 0.25) is 5.02 Å². The van der Waals surface area contributed by atoms with Crippen LogP contribution in [0.25, 0.3) is 11.2 Å². The smallest absolute Gasteiger partial charge is 0.410 e. The summed E-state index contributed by atoms with van der Waals surface area (Å²) in [7, 11) is 0. The lowest BCUT2D eigenvalue weighted by molar-refractivity contribution is 0.0216. The van der Waals surface area contributed by atoms with Gasteiger partial charge in [0.15, 0.2) is 5.65 Å². The largest absolute Gasteiger partial charge is 0.444 e. The SMILES string of the molecule is CC(C)(C)OC(=O)N1CCCC1c1nc2cccnc2n1Cc1ccc(F)c(Cl)c1. The fourth-order valence-electron chi connectivity index (χ4n) is 3.78. The molecule has 0 spiro atoms. The molecule has 0 aliphatic carbocycles. The van der Waals surface area contributed by atoms with Crippen LogP contribution in [0.15, 0.2) is 36.5 Å². The lowest BCUT2D eigenvalue weighted by Crippen LogP contribution is -2.37. The van der Waals surface area contributed by atoms with Gasteiger partial charge in [-0.2, -0.15) is 0 Å². The molecular weight excluding hydrogens is 407 g/mol. The summed E-state index contributed by atoms with van der Waals surface area (Å²) in [6.07, 6.45) is 3.01. The Morgan fingerprint density at radius 1 is 1.33 bits per heavy atom. The molecule has 4 rings (SSSR count). The molecule has 1 aromatic carbocycles. The van der Waals surface area contributed by atoms with Gasteiger partial charge in [-0.3, -0.25) is 4.90 Å². The molecule has 1 fully saturated rings. The number of pyridine rings is 1. The zero-order valence-electron chi connectivity index (χ0n) is 17.2. The molecule has 0 N–H and O–H groups in total. The standard InChI is InChI=1S/C22H24ClFN4O2/c1-22(2,3)30-21(29)27-11-5-7-18(27)20-26-17-6-4-10-25-19(17)28(20)13-14-8-9-16(24)15(23)12-14/h4,6,8-10,12,18H,5,7,11,13H2,1-3H3. The van der Waals surface area contributed by atoms with Gasteiger partial charge in [0.25, 0.3) is 0 Å². The number of imidazole rings is 1. The third kappa shape index (κ3) is 4.12. The third-order valence-electron chi connectivity index (χ3n) is 5.04. The van der Waals surface area contributed by atoms with Crippen LogP contribution < -0.4 is 0 Å². The number of carbonyl (C=O) groups is 1. The first-order valence-corrected chi connectivity index (χ1v) is 10.4. The molecule has 1 atom stereocenters. The molecule has 1 aliphatic rings. The number of aromatic nitrogens is 3. The first-order chi connectivity index (χ1) is 14.2. The fourth-order valence-corrected chi connectivity index (χ4v) is 3.98. The summed E-state index contributed by atoms with van der Waals surface area (Å²) < 4.78 is 21.2. The van der Waals surface area contributed by atoms with Crippen molar-refractivity contribution in [2.75, 3.05) is 6.54 Å². The predicted molar refractivity (Wildman–Crippen MR) is 113 cm³/mol. The molecule has 1 aliphatic heterocycles. The Kier molecular flexibility index (Phi) is 5.40. The van der Waals surface area contributed by atoms with Gasteiger partial charge in [-0.05, 0) is 63.4 Å². The topological polar surface area (TPSA) is 60.2 Å². The van der Waals surface area contributed by atoms with Crippen LogP contribution in [0, 0.1) is 5.82 Å². The number of ether oxygens (including phenoxy) is 1. The maximum Gasteiger partial charge on any atom is 0.410 e. The van der Waals surface area contributed by atoms with Gasteiger partial charge in [0.1, 0.15) is 22.8 Å². The van der Waals surface area contributed by atoms with E-state index in [-0.39, 0.29) is 17.2 Å². The van der Waals surface area contributed by atoms with Gasteiger partial charge >= 0.3 is 6.09 Å². The Morgan fingerprint density at radius 3 is 2.87 bits per heavy atom. The van der Waals surface area contributed by atoms with E-state index in [0.717, 1.165) is 29.7 Å². The van der Waals surface area contributed by atoms with E-state index in [0.29, 0.717) is 18.7 Å². The van der Waals surface area contributed by atoms with E-state index in [1.807, 2.05) is 37.5 Å². The molecule has 8 heteroatoms. The molecule has 1 saturated heterocycles. The maximum atomic E-state index is 13.6. The molecule has 2 aromatic heterocycles. The van der Waals surface area contributed by atoms with Crippen LogP contribution in [-0.4, -0.2) is 37.7 Å². The molecule has 3 aromatic rings. The van der Waals surface area contributed by atoms with Crippen molar-refractivity contribution < 1.29 is 13.9 Å². The third-order valence-corrected chi connectivity index (χ3v) is 5.33. The zero-order chi connectivity index (χ0) is 21.5. The minimum atomic E-state index is -0.573. The van der Waals surface area contributed by atoms with Crippen molar-refractivity contribution in [3.8, 4) is 0 Å². The van der Waals surface area contributed by atoms with Gasteiger partial charge in [0, 0.05) is 12.7 Å². The van der Waals surface area contributed by atoms with Gasteiger partial charge < -0.3 is 9.30 Å². The van der Waals surface area contributed by atoms with Gasteiger partial charge in [0.2, 0.25) is 0 Å². The number of halogens is 2. The quantitative estimate of drug-likeness (QED) is 0.562. The Labute approximate surface area is 179 Å². The van der Waals surface area contributed by atoms with Gasteiger partial charge in [-0.25, -0.2) is 19.2 Å². The van der Waals surface area contributed by atoms with Crippen LogP contribution in [0.3, 0.4) is 0 Å². The number of benzene rings is 1. The summed E-state index contributed by atoms with van der Waals surface area (Å²) in [5, 5.41) is 0.0719. The molecule has 0 saturated carbocycles. The number of fused-ring (bicyclic) bond motifs is 1. The monoisotopic (exact) mass is 430 g/mol. The van der Waals surface area contributed by atoms with Crippen molar-refractivity contribution in [2.45, 2.75) is 51.8 Å². The second-order valence-electron chi connectivity index (χ2n) is 8.48. The van der Waals surface area contributed by atoms with Crippen LogP contribution in [-0.2, 0) is 11.3 Å². The second-order valence-corrected chi connectivity index (χ2v) is 8.89. The van der Waals surface area contributed by atoms with E-state index in [4.69, 9.17) is 21.3 Å². The number of hydrogen-bond donors (Lipinski definition) is 0. The summed E-state index contributed by atoms with van der Waals surface area (Å²) in [6, 6.07) is 8.16. The fraction of sp³-hybridized carbons (Fsp3) is 0.409. The highest BCUT2D eigenvalue weighted by atomic mass is 35.5. The Morgan fingerprint density at radius 2 is 2.13 bits per heavy atom. The molecular formula is C22H24ClFN4O2. The van der Waals surface area contributed by atoms with E-state index >= 15 is 0 Å². The zero-order valence-corrected chi connectivity index (χ0v) is 18.0. The van der Waals surface area contributed by atoms with E-state index in [2.05, 4.69) is 4.98 Å². The molecule has 6 nitrogen and oxygen atoms in total. The summed E-state index contributed by atoms with van der Waals surface area (Å²) in [5.74, 6) is 0.286. The second kappa shape index (κ2) is 7.87. The lowest BCUT2D eigenvalue weighted by Gasteiger charge is -2.28. The van der Waals surface area contributed by atoms with Crippen LogP contribution in [0.1, 0.15) is 51.0 Å². The summed E-state index contributed by atoms with van der Waals surface area (Å²) >= 11 is 5.98. The average Bonchev–Trinajstić information content (AvgIpc) is 3.28. The van der Waals surface area contributed by atoms with Crippen LogP contribution in [0.5, 0.6) is 0 Å². The highest BCUT2D eigenvalue weighted by Gasteiger charge is 2.36. The van der Waals surface area contributed by atoms with Crippen molar-refractivity contribution >= 4 is 28.9 Å². The number of amides is 1. The molecule has 3 heterocycles. The van der Waals surface area contributed by atoms with Crippen molar-refractivity contribution in [1.29, 1.82) is 0 Å². The van der Waals surface area contributed by atoms with Crippen LogP contribution in [0.4, 0.5) is 9.18 Å². The van der Waals surface area contributed by atoms with Crippen LogP contribution >= 0.6 is 11.6 Å². The van der Waals surface area contributed by atoms with Gasteiger partial charge in [-0.15, -0.1) is 0 Å². The number of rotatable bonds is 3. The number of likely N-dealkylation sites (tertiary alicyclic amines) is 1. The lowest BCUT2D eigenvalue weighted by atomic mass is 10.2. The molecule has 158 valence electrons. The van der Waals surface area contributed by atoms with Crippen molar-refractivity contribution in [3.63, 3.8) is 0 Å². The summed E-state index contributed by atoms with van der Waals surface area (Å²) in [6.45, 7) is 6.59.